The van der Waals surface area contributed by atoms with Gasteiger partial charge in [0.1, 0.15) is 11.4 Å². The quantitative estimate of drug-likeness (QED) is 0.782. The second-order valence-corrected chi connectivity index (χ2v) is 5.63. The van der Waals surface area contributed by atoms with Crippen LogP contribution in [-0.2, 0) is 13.1 Å². The molecule has 0 amide bonds. The molecule has 5 heteroatoms. The number of aromatic nitrogens is 3. The minimum absolute atomic E-state index is 0.464. The van der Waals surface area contributed by atoms with Crippen molar-refractivity contribution in [1.29, 1.82) is 0 Å². The van der Waals surface area contributed by atoms with Gasteiger partial charge < -0.3 is 9.88 Å². The SMILES string of the molecule is Cc1nonc1Cn1ccc2cccc(CNC(C)C)c21. The van der Waals surface area contributed by atoms with Gasteiger partial charge in [-0.2, -0.15) is 0 Å². The Kier molecular flexibility index (Phi) is 3.75. The van der Waals surface area contributed by atoms with Crippen molar-refractivity contribution in [1.82, 2.24) is 20.2 Å². The summed E-state index contributed by atoms with van der Waals surface area (Å²) < 4.78 is 7.00. The summed E-state index contributed by atoms with van der Waals surface area (Å²) in [6, 6.07) is 9.01. The lowest BCUT2D eigenvalue weighted by Gasteiger charge is -2.12. The highest BCUT2D eigenvalue weighted by Gasteiger charge is 2.11. The van der Waals surface area contributed by atoms with Crippen LogP contribution in [0.2, 0.25) is 0 Å². The summed E-state index contributed by atoms with van der Waals surface area (Å²) in [5.74, 6) is 0. The Morgan fingerprint density at radius 2 is 2.10 bits per heavy atom. The summed E-state index contributed by atoms with van der Waals surface area (Å²) in [7, 11) is 0. The zero-order valence-electron chi connectivity index (χ0n) is 12.6. The first-order chi connectivity index (χ1) is 10.1. The Labute approximate surface area is 123 Å². The van der Waals surface area contributed by atoms with Crippen LogP contribution in [0, 0.1) is 6.92 Å². The van der Waals surface area contributed by atoms with E-state index >= 15 is 0 Å². The Morgan fingerprint density at radius 3 is 2.81 bits per heavy atom. The van der Waals surface area contributed by atoms with Crippen molar-refractivity contribution in [2.45, 2.75) is 39.9 Å². The second kappa shape index (κ2) is 5.69. The zero-order chi connectivity index (χ0) is 14.8. The first-order valence-corrected chi connectivity index (χ1v) is 7.23. The molecule has 1 aromatic carbocycles. The van der Waals surface area contributed by atoms with Crippen molar-refractivity contribution in [2.75, 3.05) is 0 Å². The van der Waals surface area contributed by atoms with Gasteiger partial charge in [-0.1, -0.05) is 42.4 Å². The van der Waals surface area contributed by atoms with E-state index in [1.165, 1.54) is 16.5 Å². The number of aryl methyl sites for hydroxylation is 1. The largest absolute Gasteiger partial charge is 0.341 e. The fraction of sp³-hybridized carbons (Fsp3) is 0.375. The van der Waals surface area contributed by atoms with Crippen LogP contribution in [0.5, 0.6) is 0 Å². The summed E-state index contributed by atoms with van der Waals surface area (Å²) >= 11 is 0. The molecule has 110 valence electrons. The zero-order valence-corrected chi connectivity index (χ0v) is 12.6. The first-order valence-electron chi connectivity index (χ1n) is 7.23. The molecule has 3 rings (SSSR count). The number of hydrogen-bond acceptors (Lipinski definition) is 4. The summed E-state index contributed by atoms with van der Waals surface area (Å²) in [6.07, 6.45) is 2.09. The molecule has 21 heavy (non-hydrogen) atoms. The highest BCUT2D eigenvalue weighted by atomic mass is 16.6. The molecule has 0 bridgehead atoms. The van der Waals surface area contributed by atoms with Crippen molar-refractivity contribution in [3.63, 3.8) is 0 Å². The van der Waals surface area contributed by atoms with Crippen molar-refractivity contribution in [2.24, 2.45) is 0 Å². The fourth-order valence-corrected chi connectivity index (χ4v) is 2.48. The third kappa shape index (κ3) is 2.83. The van der Waals surface area contributed by atoms with E-state index in [0.717, 1.165) is 17.9 Å². The van der Waals surface area contributed by atoms with E-state index in [2.05, 4.69) is 64.5 Å². The number of nitrogens with zero attached hydrogens (tertiary/aromatic N) is 3. The number of rotatable bonds is 5. The van der Waals surface area contributed by atoms with Crippen LogP contribution >= 0.6 is 0 Å². The smallest absolute Gasteiger partial charge is 0.127 e. The molecule has 0 spiro atoms. The molecule has 0 aliphatic rings. The first kappa shape index (κ1) is 13.8. The van der Waals surface area contributed by atoms with E-state index in [1.807, 2.05) is 6.92 Å². The topological polar surface area (TPSA) is 55.9 Å². The van der Waals surface area contributed by atoms with Gasteiger partial charge >= 0.3 is 0 Å². The number of hydrogen-bond donors (Lipinski definition) is 1. The van der Waals surface area contributed by atoms with Gasteiger partial charge in [0.2, 0.25) is 0 Å². The number of nitrogens with one attached hydrogen (secondary N) is 1. The number of fused-ring (bicyclic) bond motifs is 1. The molecule has 1 N–H and O–H groups in total. The maximum Gasteiger partial charge on any atom is 0.127 e. The molecule has 0 saturated heterocycles. The molecule has 0 fully saturated rings. The summed E-state index contributed by atoms with van der Waals surface area (Å²) in [6.45, 7) is 7.76. The fourth-order valence-electron chi connectivity index (χ4n) is 2.48. The summed E-state index contributed by atoms with van der Waals surface area (Å²) in [5.41, 5.74) is 4.25. The molecule has 2 aromatic heterocycles. The molecule has 5 nitrogen and oxygen atoms in total. The average Bonchev–Trinajstić information content (AvgIpc) is 3.05. The van der Waals surface area contributed by atoms with Crippen LogP contribution in [0.1, 0.15) is 30.8 Å². The van der Waals surface area contributed by atoms with Gasteiger partial charge in [-0.15, -0.1) is 0 Å². The molecule has 3 aromatic rings. The molecular formula is C16H20N4O. The molecule has 0 aliphatic carbocycles. The van der Waals surface area contributed by atoms with Crippen molar-refractivity contribution in [3.05, 3.63) is 47.4 Å². The normalized spacial score (nSPS) is 11.6. The van der Waals surface area contributed by atoms with E-state index in [0.29, 0.717) is 12.6 Å². The van der Waals surface area contributed by atoms with E-state index in [9.17, 15) is 0 Å². The minimum Gasteiger partial charge on any atom is -0.341 e. The van der Waals surface area contributed by atoms with Crippen LogP contribution in [0.25, 0.3) is 10.9 Å². The van der Waals surface area contributed by atoms with Gasteiger partial charge in [0.25, 0.3) is 0 Å². The van der Waals surface area contributed by atoms with Crippen molar-refractivity contribution >= 4 is 10.9 Å². The Hall–Kier alpha value is -2.14. The van der Waals surface area contributed by atoms with E-state index < -0.39 is 0 Å². The lowest BCUT2D eigenvalue weighted by atomic mass is 10.1. The van der Waals surface area contributed by atoms with Gasteiger partial charge in [-0.25, -0.2) is 4.63 Å². The monoisotopic (exact) mass is 284 g/mol. The molecule has 0 unspecified atom stereocenters. The Morgan fingerprint density at radius 1 is 1.24 bits per heavy atom. The highest BCUT2D eigenvalue weighted by molar-refractivity contribution is 5.83. The number of benzene rings is 1. The van der Waals surface area contributed by atoms with Gasteiger partial charge in [-0.3, -0.25) is 0 Å². The third-order valence-corrected chi connectivity index (χ3v) is 3.64. The Balaban J connectivity index is 1.97. The van der Waals surface area contributed by atoms with E-state index in [-0.39, 0.29) is 0 Å². The number of para-hydroxylation sites is 1. The standard InChI is InChI=1S/C16H20N4O/c1-11(2)17-9-14-6-4-5-13-7-8-20(16(13)14)10-15-12(3)18-21-19-15/h4-8,11,17H,9-10H2,1-3H3. The lowest BCUT2D eigenvalue weighted by molar-refractivity contribution is 0.300. The predicted octanol–water partition coefficient (Wildman–Crippen LogP) is 2.88. The predicted molar refractivity (Wildman–Crippen MR) is 82.1 cm³/mol. The Bertz CT molecular complexity index is 742. The van der Waals surface area contributed by atoms with Crippen LogP contribution < -0.4 is 5.32 Å². The van der Waals surface area contributed by atoms with Gasteiger partial charge in [0, 0.05) is 18.8 Å². The molecular weight excluding hydrogens is 264 g/mol. The second-order valence-electron chi connectivity index (χ2n) is 5.63. The van der Waals surface area contributed by atoms with Crippen LogP contribution in [0.4, 0.5) is 0 Å². The highest BCUT2D eigenvalue weighted by Crippen LogP contribution is 2.21. The van der Waals surface area contributed by atoms with E-state index in [1.54, 1.807) is 0 Å². The molecule has 0 atom stereocenters. The maximum absolute atomic E-state index is 4.79. The van der Waals surface area contributed by atoms with Crippen LogP contribution in [0.3, 0.4) is 0 Å². The van der Waals surface area contributed by atoms with Gasteiger partial charge in [0.15, 0.2) is 0 Å². The molecule has 0 saturated carbocycles. The maximum atomic E-state index is 4.79. The van der Waals surface area contributed by atoms with Crippen molar-refractivity contribution < 1.29 is 4.63 Å². The minimum atomic E-state index is 0.464. The molecule has 2 heterocycles. The average molecular weight is 284 g/mol. The summed E-state index contributed by atoms with van der Waals surface area (Å²) in [5, 5.41) is 12.6. The lowest BCUT2D eigenvalue weighted by Crippen LogP contribution is -2.22. The van der Waals surface area contributed by atoms with Gasteiger partial charge in [0.05, 0.1) is 12.1 Å². The van der Waals surface area contributed by atoms with Crippen LogP contribution in [0.15, 0.2) is 35.1 Å². The third-order valence-electron chi connectivity index (χ3n) is 3.64. The summed E-state index contributed by atoms with van der Waals surface area (Å²) in [4.78, 5) is 0. The van der Waals surface area contributed by atoms with Crippen LogP contribution in [-0.4, -0.2) is 20.9 Å². The van der Waals surface area contributed by atoms with Gasteiger partial charge in [-0.05, 0) is 23.9 Å². The van der Waals surface area contributed by atoms with Crippen molar-refractivity contribution in [3.8, 4) is 0 Å². The molecule has 0 radical (unpaired) electrons. The van der Waals surface area contributed by atoms with E-state index in [4.69, 9.17) is 4.63 Å². The molecule has 0 aliphatic heterocycles.